The second kappa shape index (κ2) is 8.11. The van der Waals surface area contributed by atoms with Crippen LogP contribution >= 0.6 is 11.3 Å². The Morgan fingerprint density at radius 1 is 1.17 bits per heavy atom. The molecule has 0 saturated carbocycles. The van der Waals surface area contributed by atoms with Crippen LogP contribution in [0.15, 0.2) is 35.3 Å². The predicted molar refractivity (Wildman–Crippen MR) is 125 cm³/mol. The number of rotatable bonds is 5. The largest absolute Gasteiger partial charge is 0.478 e. The lowest BCUT2D eigenvalue weighted by Gasteiger charge is -2.11. The summed E-state index contributed by atoms with van der Waals surface area (Å²) < 4.78 is 2.09. The van der Waals surface area contributed by atoms with Crippen LogP contribution in [0.5, 0.6) is 0 Å². The molecular formula is C24H27N3O2S. The lowest BCUT2D eigenvalue weighted by atomic mass is 9.95. The molecule has 1 aromatic carbocycles. The summed E-state index contributed by atoms with van der Waals surface area (Å²) in [6, 6.07) is 10.2. The van der Waals surface area contributed by atoms with Crippen LogP contribution < -0.4 is 4.90 Å². The Morgan fingerprint density at radius 2 is 1.87 bits per heavy atom. The number of aromatic nitrogens is 1. The normalized spacial score (nSPS) is 13.6. The molecule has 0 spiro atoms. The van der Waals surface area contributed by atoms with Gasteiger partial charge >= 0.3 is 5.97 Å². The van der Waals surface area contributed by atoms with Gasteiger partial charge in [-0.3, -0.25) is 4.99 Å². The zero-order valence-corrected chi connectivity index (χ0v) is 18.7. The fourth-order valence-electron chi connectivity index (χ4n) is 4.14. The van der Waals surface area contributed by atoms with Crippen LogP contribution in [0.4, 0.5) is 11.4 Å². The molecule has 156 valence electrons. The molecule has 5 nitrogen and oxygen atoms in total. The first-order chi connectivity index (χ1) is 14.4. The van der Waals surface area contributed by atoms with E-state index in [2.05, 4.69) is 20.5 Å². The molecule has 30 heavy (non-hydrogen) atoms. The molecule has 0 amide bonds. The number of nitrogens with zero attached hydrogens (tertiary/aromatic N) is 3. The van der Waals surface area contributed by atoms with E-state index in [-0.39, 0.29) is 0 Å². The van der Waals surface area contributed by atoms with Gasteiger partial charge in [0.15, 0.2) is 0 Å². The van der Waals surface area contributed by atoms with Crippen molar-refractivity contribution in [2.75, 3.05) is 19.0 Å². The Labute approximate surface area is 181 Å². The molecule has 0 atom stereocenters. The van der Waals surface area contributed by atoms with Crippen molar-refractivity contribution in [2.45, 2.75) is 39.5 Å². The standard InChI is InChI=1S/C24H27N3O2S/c1-15-13-17(14-25-18-9-11-19(12-10-18)26(3)4)16(2)27(15)23-22(24(28)29)20-7-5-6-8-21(20)30-23/h9-14H,5-8H2,1-4H3,(H,28,29). The number of aliphatic imine (C=N–C) groups is 1. The minimum absolute atomic E-state index is 0.485. The van der Waals surface area contributed by atoms with Gasteiger partial charge in [-0.05, 0) is 75.4 Å². The van der Waals surface area contributed by atoms with Crippen LogP contribution in [0, 0.1) is 13.8 Å². The van der Waals surface area contributed by atoms with Crippen LogP contribution in [0.3, 0.4) is 0 Å². The molecule has 0 bridgehead atoms. The lowest BCUT2D eigenvalue weighted by Crippen LogP contribution is -2.09. The quantitative estimate of drug-likeness (QED) is 0.550. The number of aromatic carboxylic acids is 1. The summed E-state index contributed by atoms with van der Waals surface area (Å²) >= 11 is 1.64. The van der Waals surface area contributed by atoms with Gasteiger partial charge in [0.25, 0.3) is 0 Å². The van der Waals surface area contributed by atoms with E-state index in [1.54, 1.807) is 11.3 Å². The Balaban J connectivity index is 1.71. The van der Waals surface area contributed by atoms with Crippen LogP contribution in [0.2, 0.25) is 0 Å². The number of hydrogen-bond acceptors (Lipinski definition) is 4. The van der Waals surface area contributed by atoms with Crippen molar-refractivity contribution >= 4 is 34.9 Å². The van der Waals surface area contributed by atoms with E-state index in [4.69, 9.17) is 0 Å². The molecule has 0 radical (unpaired) electrons. The minimum Gasteiger partial charge on any atom is -0.478 e. The molecule has 2 aromatic heterocycles. The summed E-state index contributed by atoms with van der Waals surface area (Å²) in [5, 5.41) is 10.8. The lowest BCUT2D eigenvalue weighted by molar-refractivity contribution is 0.0696. The van der Waals surface area contributed by atoms with Crippen molar-refractivity contribution in [1.29, 1.82) is 0 Å². The fraction of sp³-hybridized carbons (Fsp3) is 0.333. The summed E-state index contributed by atoms with van der Waals surface area (Å²) in [5.41, 5.74) is 6.60. The van der Waals surface area contributed by atoms with Crippen LogP contribution in [0.25, 0.3) is 5.00 Å². The summed E-state index contributed by atoms with van der Waals surface area (Å²) in [6.45, 7) is 4.06. The van der Waals surface area contributed by atoms with Gasteiger partial charge < -0.3 is 14.6 Å². The summed E-state index contributed by atoms with van der Waals surface area (Å²) in [6.07, 6.45) is 5.93. The van der Waals surface area contributed by atoms with E-state index >= 15 is 0 Å². The molecule has 1 N–H and O–H groups in total. The molecule has 1 aliphatic rings. The van der Waals surface area contributed by atoms with Gasteiger partial charge in [0.2, 0.25) is 0 Å². The van der Waals surface area contributed by atoms with Crippen molar-refractivity contribution < 1.29 is 9.90 Å². The average Bonchev–Trinajstić information content (AvgIpc) is 3.23. The SMILES string of the molecule is Cc1cc(C=Nc2ccc(N(C)C)cc2)c(C)n1-c1sc2c(c1C(=O)O)CCCC2. The maximum absolute atomic E-state index is 12.1. The van der Waals surface area contributed by atoms with Crippen LogP contribution in [0.1, 0.15) is 50.6 Å². The molecule has 0 saturated heterocycles. The number of carbonyl (C=O) groups is 1. The zero-order chi connectivity index (χ0) is 21.4. The maximum Gasteiger partial charge on any atom is 0.339 e. The van der Waals surface area contributed by atoms with E-state index in [1.165, 1.54) is 4.88 Å². The van der Waals surface area contributed by atoms with E-state index in [0.717, 1.165) is 64.6 Å². The smallest absolute Gasteiger partial charge is 0.339 e. The highest BCUT2D eigenvalue weighted by atomic mass is 32.1. The monoisotopic (exact) mass is 421 g/mol. The third kappa shape index (κ3) is 3.67. The molecule has 4 rings (SSSR count). The highest BCUT2D eigenvalue weighted by Gasteiger charge is 2.27. The molecular weight excluding hydrogens is 394 g/mol. The van der Waals surface area contributed by atoms with Gasteiger partial charge in [0.05, 0.1) is 11.3 Å². The van der Waals surface area contributed by atoms with Crippen LogP contribution in [-0.2, 0) is 12.8 Å². The molecule has 0 fully saturated rings. The highest BCUT2D eigenvalue weighted by molar-refractivity contribution is 7.15. The number of fused-ring (bicyclic) bond motifs is 1. The van der Waals surface area contributed by atoms with Gasteiger partial charge in [-0.15, -0.1) is 11.3 Å². The van der Waals surface area contributed by atoms with Crippen LogP contribution in [-0.4, -0.2) is 36.0 Å². The number of carboxylic acid groups (broad SMARTS) is 1. The number of hydrogen-bond donors (Lipinski definition) is 1. The van der Waals surface area contributed by atoms with Gasteiger partial charge in [-0.2, -0.15) is 0 Å². The Kier molecular flexibility index (Phi) is 5.52. The Morgan fingerprint density at radius 3 is 2.53 bits per heavy atom. The zero-order valence-electron chi connectivity index (χ0n) is 17.9. The van der Waals surface area contributed by atoms with Crippen molar-refractivity contribution in [3.63, 3.8) is 0 Å². The summed E-state index contributed by atoms with van der Waals surface area (Å²) in [5.74, 6) is -0.826. The highest BCUT2D eigenvalue weighted by Crippen LogP contribution is 2.38. The predicted octanol–water partition coefficient (Wildman–Crippen LogP) is 5.55. The first-order valence-electron chi connectivity index (χ1n) is 10.3. The van der Waals surface area contributed by atoms with Gasteiger partial charge in [-0.25, -0.2) is 4.79 Å². The maximum atomic E-state index is 12.1. The third-order valence-electron chi connectivity index (χ3n) is 5.76. The molecule has 6 heteroatoms. The van der Waals surface area contributed by atoms with E-state index in [0.29, 0.717) is 5.56 Å². The number of benzene rings is 1. The van der Waals surface area contributed by atoms with Gasteiger partial charge in [0, 0.05) is 47.8 Å². The number of carboxylic acids is 1. The van der Waals surface area contributed by atoms with E-state index in [9.17, 15) is 9.90 Å². The molecule has 0 aliphatic heterocycles. The molecule has 1 aliphatic carbocycles. The second-order valence-electron chi connectivity index (χ2n) is 8.03. The third-order valence-corrected chi connectivity index (χ3v) is 7.04. The molecule has 3 aromatic rings. The van der Waals surface area contributed by atoms with Gasteiger partial charge in [-0.1, -0.05) is 0 Å². The van der Waals surface area contributed by atoms with Crippen molar-refractivity contribution in [3.8, 4) is 5.00 Å². The first kappa shape index (κ1) is 20.4. The number of anilines is 1. The molecule has 0 unspecified atom stereocenters. The second-order valence-corrected chi connectivity index (χ2v) is 9.11. The first-order valence-corrected chi connectivity index (χ1v) is 11.1. The molecule has 2 heterocycles. The fourth-order valence-corrected chi connectivity index (χ4v) is 5.63. The topological polar surface area (TPSA) is 57.8 Å². The van der Waals surface area contributed by atoms with Crippen molar-refractivity contribution in [1.82, 2.24) is 4.57 Å². The van der Waals surface area contributed by atoms with E-state index < -0.39 is 5.97 Å². The Bertz CT molecular complexity index is 1120. The van der Waals surface area contributed by atoms with Crippen molar-refractivity contribution in [2.24, 2.45) is 4.99 Å². The van der Waals surface area contributed by atoms with E-state index in [1.807, 2.05) is 58.4 Å². The van der Waals surface area contributed by atoms with Crippen molar-refractivity contribution in [3.05, 3.63) is 63.3 Å². The summed E-state index contributed by atoms with van der Waals surface area (Å²) in [7, 11) is 4.03. The summed E-state index contributed by atoms with van der Waals surface area (Å²) in [4.78, 5) is 20.0. The Hall–Kier alpha value is -2.86. The minimum atomic E-state index is -0.826. The number of aryl methyl sites for hydroxylation is 2. The average molecular weight is 422 g/mol. The number of thiophene rings is 1. The van der Waals surface area contributed by atoms with Gasteiger partial charge in [0.1, 0.15) is 5.00 Å².